The molecule has 0 spiro atoms. The molecule has 0 fully saturated rings. The minimum absolute atomic E-state index is 0.277. The van der Waals surface area contributed by atoms with Gasteiger partial charge in [-0.25, -0.2) is 0 Å². The number of hydrogen-bond acceptors (Lipinski definition) is 2. The van der Waals surface area contributed by atoms with E-state index in [0.29, 0.717) is 0 Å². The molecule has 44 valence electrons. The van der Waals surface area contributed by atoms with E-state index in [1.54, 1.807) is 6.08 Å². The summed E-state index contributed by atoms with van der Waals surface area (Å²) in [5.41, 5.74) is 2.47. The summed E-state index contributed by atoms with van der Waals surface area (Å²) < 4.78 is 4.49. The van der Waals surface area contributed by atoms with Gasteiger partial charge < -0.3 is 4.74 Å². The second-order valence-corrected chi connectivity index (χ2v) is 1.21. The van der Waals surface area contributed by atoms with Crippen molar-refractivity contribution in [2.45, 2.75) is 6.92 Å². The molecular weight excluding hydrogens is 104 g/mol. The van der Waals surface area contributed by atoms with Crippen molar-refractivity contribution < 1.29 is 9.53 Å². The van der Waals surface area contributed by atoms with Gasteiger partial charge in [0.1, 0.15) is 6.61 Å². The van der Waals surface area contributed by atoms with Crippen LogP contribution in [0.5, 0.6) is 0 Å². The number of esters is 1. The van der Waals surface area contributed by atoms with Gasteiger partial charge in [-0.15, -0.1) is 5.73 Å². The normalized spacial score (nSPS) is 7.12. The van der Waals surface area contributed by atoms with Crippen LogP contribution in [0.3, 0.4) is 0 Å². The third-order valence-electron chi connectivity index (χ3n) is 0.514. The molecule has 0 rings (SSSR count). The number of ether oxygens (including phenoxy) is 1. The summed E-state index contributed by atoms with van der Waals surface area (Å²) in [6, 6.07) is 0. The smallest absolute Gasteiger partial charge is 0.302 e. The van der Waals surface area contributed by atoms with Crippen molar-refractivity contribution in [3.8, 4) is 0 Å². The lowest BCUT2D eigenvalue weighted by Crippen LogP contribution is -1.96. The topological polar surface area (TPSA) is 26.3 Å². The maximum Gasteiger partial charge on any atom is 0.302 e. The fourth-order valence-electron chi connectivity index (χ4n) is 0.218. The van der Waals surface area contributed by atoms with E-state index in [4.69, 9.17) is 0 Å². The van der Waals surface area contributed by atoms with Crippen LogP contribution in [0.15, 0.2) is 18.4 Å². The third kappa shape index (κ3) is 4.99. The second kappa shape index (κ2) is 4.16. The molecule has 0 saturated carbocycles. The van der Waals surface area contributed by atoms with Crippen molar-refractivity contribution in [1.29, 1.82) is 0 Å². The highest BCUT2D eigenvalue weighted by Gasteiger charge is 1.84. The Morgan fingerprint density at radius 1 is 2.00 bits per heavy atom. The molecule has 0 aliphatic carbocycles. The number of hydrogen-bond donors (Lipinski definition) is 0. The molecule has 0 saturated heterocycles. The third-order valence-corrected chi connectivity index (χ3v) is 0.514. The van der Waals surface area contributed by atoms with Gasteiger partial charge in [0.25, 0.3) is 0 Å². The first-order valence-corrected chi connectivity index (χ1v) is 2.25. The number of rotatable bonds is 2. The Bertz CT molecular complexity index is 118. The molecule has 0 amide bonds. The Balaban J connectivity index is 3.18. The van der Waals surface area contributed by atoms with Crippen molar-refractivity contribution in [1.82, 2.24) is 0 Å². The van der Waals surface area contributed by atoms with Crippen LogP contribution in [0.25, 0.3) is 0 Å². The lowest BCUT2D eigenvalue weighted by molar-refractivity contribution is -0.139. The number of carbonyl (C=O) groups excluding carboxylic acids is 1. The van der Waals surface area contributed by atoms with Gasteiger partial charge in [-0.05, 0) is 6.08 Å². The molecule has 0 aromatic rings. The van der Waals surface area contributed by atoms with Gasteiger partial charge in [0, 0.05) is 6.92 Å². The predicted molar refractivity (Wildman–Crippen MR) is 30.3 cm³/mol. The van der Waals surface area contributed by atoms with E-state index in [1.165, 1.54) is 6.92 Å². The monoisotopic (exact) mass is 112 g/mol. The Labute approximate surface area is 48.5 Å². The van der Waals surface area contributed by atoms with Gasteiger partial charge in [0.05, 0.1) is 0 Å². The standard InChI is InChI=1S/C6H8O2/c1-3-4-5-8-6(2)7/h4H,1,5H2,2H3. The SMILES string of the molecule is C=C=CCOC(C)=O. The molecule has 0 aliphatic rings. The van der Waals surface area contributed by atoms with E-state index in [2.05, 4.69) is 17.0 Å². The Hall–Kier alpha value is -1.01. The molecule has 2 nitrogen and oxygen atoms in total. The van der Waals surface area contributed by atoms with Gasteiger partial charge in [0.15, 0.2) is 0 Å². The van der Waals surface area contributed by atoms with Gasteiger partial charge in [0.2, 0.25) is 0 Å². The molecule has 0 aromatic heterocycles. The van der Waals surface area contributed by atoms with E-state index in [1.807, 2.05) is 0 Å². The lowest BCUT2D eigenvalue weighted by Gasteiger charge is -1.90. The molecular formula is C6H8O2. The first-order valence-electron chi connectivity index (χ1n) is 2.25. The van der Waals surface area contributed by atoms with Crippen molar-refractivity contribution in [2.75, 3.05) is 6.61 Å². The fourth-order valence-corrected chi connectivity index (χ4v) is 0.218. The number of carbonyl (C=O) groups is 1. The highest BCUT2D eigenvalue weighted by atomic mass is 16.5. The molecule has 0 aromatic carbocycles. The van der Waals surface area contributed by atoms with Gasteiger partial charge in [-0.1, -0.05) is 6.58 Å². The summed E-state index contributed by atoms with van der Waals surface area (Å²) in [5, 5.41) is 0. The Morgan fingerprint density at radius 2 is 2.62 bits per heavy atom. The van der Waals surface area contributed by atoms with Gasteiger partial charge in [-0.3, -0.25) is 4.79 Å². The molecule has 0 bridgehead atoms. The zero-order valence-electron chi connectivity index (χ0n) is 4.81. The average Bonchev–Trinajstić information content (AvgIpc) is 1.66. The summed E-state index contributed by atoms with van der Waals surface area (Å²) in [6.07, 6.45) is 1.54. The van der Waals surface area contributed by atoms with E-state index < -0.39 is 0 Å². The maximum atomic E-state index is 10.0. The first-order chi connectivity index (χ1) is 3.77. The second-order valence-electron chi connectivity index (χ2n) is 1.21. The van der Waals surface area contributed by atoms with Crippen LogP contribution < -0.4 is 0 Å². The van der Waals surface area contributed by atoms with Crippen LogP contribution in [-0.2, 0) is 9.53 Å². The average molecular weight is 112 g/mol. The Morgan fingerprint density at radius 3 is 3.00 bits per heavy atom. The van der Waals surface area contributed by atoms with E-state index in [0.717, 1.165) is 0 Å². The van der Waals surface area contributed by atoms with Crippen molar-refractivity contribution in [3.05, 3.63) is 18.4 Å². The molecule has 8 heavy (non-hydrogen) atoms. The van der Waals surface area contributed by atoms with Crippen LogP contribution in [-0.4, -0.2) is 12.6 Å². The Kier molecular flexibility index (Phi) is 3.63. The highest BCUT2D eigenvalue weighted by molar-refractivity contribution is 5.65. The molecule has 0 radical (unpaired) electrons. The van der Waals surface area contributed by atoms with Crippen molar-refractivity contribution >= 4 is 5.97 Å². The summed E-state index contributed by atoms with van der Waals surface area (Å²) in [6.45, 7) is 4.92. The first kappa shape index (κ1) is 6.99. The van der Waals surface area contributed by atoms with Gasteiger partial charge >= 0.3 is 5.97 Å². The minimum Gasteiger partial charge on any atom is -0.461 e. The van der Waals surface area contributed by atoms with E-state index in [9.17, 15) is 4.79 Å². The van der Waals surface area contributed by atoms with Crippen molar-refractivity contribution in [3.63, 3.8) is 0 Å². The lowest BCUT2D eigenvalue weighted by atomic mass is 10.6. The van der Waals surface area contributed by atoms with Crippen LogP contribution in [0, 0.1) is 0 Å². The highest BCUT2D eigenvalue weighted by Crippen LogP contribution is 1.74. The van der Waals surface area contributed by atoms with Crippen LogP contribution in [0.2, 0.25) is 0 Å². The predicted octanol–water partition coefficient (Wildman–Crippen LogP) is 0.891. The zero-order chi connectivity index (χ0) is 6.41. The fraction of sp³-hybridized carbons (Fsp3) is 0.333. The van der Waals surface area contributed by atoms with Gasteiger partial charge in [-0.2, -0.15) is 0 Å². The summed E-state index contributed by atoms with van der Waals surface area (Å²) in [7, 11) is 0. The minimum atomic E-state index is -0.281. The van der Waals surface area contributed by atoms with Crippen LogP contribution in [0.1, 0.15) is 6.92 Å². The maximum absolute atomic E-state index is 10.0. The van der Waals surface area contributed by atoms with Crippen LogP contribution in [0.4, 0.5) is 0 Å². The molecule has 0 atom stereocenters. The van der Waals surface area contributed by atoms with E-state index in [-0.39, 0.29) is 12.6 Å². The van der Waals surface area contributed by atoms with E-state index >= 15 is 0 Å². The summed E-state index contributed by atoms with van der Waals surface area (Å²) >= 11 is 0. The zero-order valence-corrected chi connectivity index (χ0v) is 4.81. The largest absolute Gasteiger partial charge is 0.461 e. The summed E-state index contributed by atoms with van der Waals surface area (Å²) in [5.74, 6) is -0.281. The quantitative estimate of drug-likeness (QED) is 0.391. The molecule has 0 aliphatic heterocycles. The van der Waals surface area contributed by atoms with Crippen LogP contribution >= 0.6 is 0 Å². The molecule has 0 N–H and O–H groups in total. The molecule has 0 unspecified atom stereocenters. The van der Waals surface area contributed by atoms with Crippen molar-refractivity contribution in [2.24, 2.45) is 0 Å². The summed E-state index contributed by atoms with van der Waals surface area (Å²) in [4.78, 5) is 10.0. The molecule has 0 heterocycles. The molecule has 2 heteroatoms.